The number of thioether (sulfide) groups is 1. The Hall–Kier alpha value is -2.07. The molecule has 0 saturated heterocycles. The van der Waals surface area contributed by atoms with E-state index in [9.17, 15) is 4.79 Å². The smallest absolute Gasteiger partial charge is 0.234 e. The van der Waals surface area contributed by atoms with Crippen LogP contribution in [0.3, 0.4) is 0 Å². The van der Waals surface area contributed by atoms with E-state index in [-0.39, 0.29) is 11.7 Å². The number of aryl methyl sites for hydroxylation is 1. The minimum absolute atomic E-state index is 0.0915. The Morgan fingerprint density at radius 3 is 2.85 bits per heavy atom. The van der Waals surface area contributed by atoms with E-state index in [1.807, 2.05) is 55.5 Å². The summed E-state index contributed by atoms with van der Waals surface area (Å²) in [6, 6.07) is 15.4. The predicted molar refractivity (Wildman–Crippen MR) is 110 cm³/mol. The normalized spacial score (nSPS) is 10.5. The van der Waals surface area contributed by atoms with Crippen LogP contribution >= 0.6 is 34.4 Å². The molecular formula is C18H17IN4O2S. The Bertz CT molecular complexity index is 886. The zero-order chi connectivity index (χ0) is 18.4. The highest BCUT2D eigenvalue weighted by Gasteiger charge is 2.09. The van der Waals surface area contributed by atoms with Gasteiger partial charge in [-0.25, -0.2) is 4.98 Å². The van der Waals surface area contributed by atoms with Gasteiger partial charge in [-0.1, -0.05) is 30.0 Å². The first kappa shape index (κ1) is 18.7. The summed E-state index contributed by atoms with van der Waals surface area (Å²) in [4.78, 5) is 16.4. The monoisotopic (exact) mass is 480 g/mol. The lowest BCUT2D eigenvalue weighted by Gasteiger charge is -2.07. The van der Waals surface area contributed by atoms with Crippen LogP contribution in [0.1, 0.15) is 11.4 Å². The average Bonchev–Trinajstić information content (AvgIpc) is 3.09. The molecule has 0 saturated carbocycles. The number of aromatic nitrogens is 3. The van der Waals surface area contributed by atoms with Crippen LogP contribution < -0.4 is 10.1 Å². The number of hydrogen-bond acceptors (Lipinski definition) is 5. The van der Waals surface area contributed by atoms with Gasteiger partial charge in [0.15, 0.2) is 5.82 Å². The molecule has 2 N–H and O–H groups in total. The number of H-pyrrole nitrogens is 1. The first-order chi connectivity index (χ1) is 12.6. The summed E-state index contributed by atoms with van der Waals surface area (Å²) in [7, 11) is 0. The average molecular weight is 480 g/mol. The highest BCUT2D eigenvalue weighted by Crippen LogP contribution is 2.19. The second kappa shape index (κ2) is 9.04. The van der Waals surface area contributed by atoms with Crippen molar-refractivity contribution in [3.05, 3.63) is 63.5 Å². The van der Waals surface area contributed by atoms with Crippen molar-refractivity contribution >= 4 is 45.9 Å². The quantitative estimate of drug-likeness (QED) is 0.395. The molecule has 26 heavy (non-hydrogen) atoms. The molecular weight excluding hydrogens is 463 g/mol. The second-order valence-electron chi connectivity index (χ2n) is 5.46. The van der Waals surface area contributed by atoms with E-state index >= 15 is 0 Å². The maximum atomic E-state index is 12.1. The molecule has 0 aliphatic heterocycles. The van der Waals surface area contributed by atoms with Gasteiger partial charge in [0.05, 0.1) is 5.75 Å². The van der Waals surface area contributed by atoms with Crippen LogP contribution in [-0.4, -0.2) is 26.8 Å². The molecule has 0 spiro atoms. The summed E-state index contributed by atoms with van der Waals surface area (Å²) in [6.45, 7) is 2.27. The van der Waals surface area contributed by atoms with Gasteiger partial charge in [0.25, 0.3) is 0 Å². The number of rotatable bonds is 7. The molecule has 0 unspecified atom stereocenters. The molecule has 2 aromatic carbocycles. The molecule has 3 rings (SSSR count). The lowest BCUT2D eigenvalue weighted by atomic mass is 10.2. The van der Waals surface area contributed by atoms with Gasteiger partial charge in [-0.2, -0.15) is 0 Å². The fourth-order valence-electron chi connectivity index (χ4n) is 2.16. The van der Waals surface area contributed by atoms with E-state index in [1.165, 1.54) is 11.8 Å². The van der Waals surface area contributed by atoms with Crippen LogP contribution in [0.15, 0.2) is 53.7 Å². The van der Waals surface area contributed by atoms with Gasteiger partial charge in [0, 0.05) is 9.26 Å². The maximum Gasteiger partial charge on any atom is 0.234 e. The van der Waals surface area contributed by atoms with Crippen molar-refractivity contribution in [1.29, 1.82) is 0 Å². The summed E-state index contributed by atoms with van der Waals surface area (Å²) < 4.78 is 6.75. The third kappa shape index (κ3) is 5.46. The lowest BCUT2D eigenvalue weighted by molar-refractivity contribution is -0.113. The van der Waals surface area contributed by atoms with Crippen LogP contribution in [0.25, 0.3) is 0 Å². The largest absolute Gasteiger partial charge is 0.486 e. The number of para-hydroxylation sites is 1. The van der Waals surface area contributed by atoms with E-state index in [0.29, 0.717) is 17.6 Å². The fraction of sp³-hybridized carbons (Fsp3) is 0.167. The van der Waals surface area contributed by atoms with Gasteiger partial charge >= 0.3 is 0 Å². The highest BCUT2D eigenvalue weighted by molar-refractivity contribution is 14.1. The Labute approximate surface area is 169 Å². The minimum atomic E-state index is -0.0915. The number of anilines is 1. The number of aromatic amines is 1. The van der Waals surface area contributed by atoms with E-state index in [0.717, 1.165) is 20.6 Å². The zero-order valence-corrected chi connectivity index (χ0v) is 17.0. The first-order valence-electron chi connectivity index (χ1n) is 7.88. The van der Waals surface area contributed by atoms with Gasteiger partial charge in [0.1, 0.15) is 12.4 Å². The van der Waals surface area contributed by atoms with Gasteiger partial charge < -0.3 is 10.1 Å². The molecule has 3 aromatic rings. The number of ether oxygens (including phenoxy) is 1. The number of carbonyl (C=O) groups is 1. The van der Waals surface area contributed by atoms with Crippen LogP contribution in [0.4, 0.5) is 5.69 Å². The van der Waals surface area contributed by atoms with Crippen LogP contribution in [0.2, 0.25) is 0 Å². The van der Waals surface area contributed by atoms with Gasteiger partial charge in [-0.05, 0) is 65.4 Å². The number of benzene rings is 2. The first-order valence-corrected chi connectivity index (χ1v) is 9.94. The topological polar surface area (TPSA) is 79.9 Å². The summed E-state index contributed by atoms with van der Waals surface area (Å²) >= 11 is 3.52. The molecule has 1 amide bonds. The van der Waals surface area contributed by atoms with Crippen molar-refractivity contribution < 1.29 is 9.53 Å². The second-order valence-corrected chi connectivity index (χ2v) is 7.65. The van der Waals surface area contributed by atoms with Gasteiger partial charge in [0.2, 0.25) is 11.1 Å². The minimum Gasteiger partial charge on any atom is -0.486 e. The number of halogens is 1. The molecule has 0 aliphatic carbocycles. The molecule has 0 atom stereocenters. The molecule has 134 valence electrons. The van der Waals surface area contributed by atoms with Crippen LogP contribution in [-0.2, 0) is 11.4 Å². The Kier molecular flexibility index (Phi) is 6.51. The third-order valence-electron chi connectivity index (χ3n) is 3.42. The number of nitrogens with zero attached hydrogens (tertiary/aromatic N) is 2. The van der Waals surface area contributed by atoms with Gasteiger partial charge in [-0.15, -0.1) is 5.10 Å². The standard InChI is InChI=1S/C18H17IN4O2S/c1-12-9-13(19)7-8-15(12)20-17(24)11-26-18-21-16(22-23-18)10-25-14-5-3-2-4-6-14/h2-9H,10-11H2,1H3,(H,20,24)(H,21,22,23). The van der Waals surface area contributed by atoms with Gasteiger partial charge in [-0.3, -0.25) is 9.89 Å². The van der Waals surface area contributed by atoms with Crippen molar-refractivity contribution in [2.45, 2.75) is 18.7 Å². The van der Waals surface area contributed by atoms with E-state index in [4.69, 9.17) is 4.74 Å². The Morgan fingerprint density at radius 1 is 1.27 bits per heavy atom. The fourth-order valence-corrected chi connectivity index (χ4v) is 3.42. The number of amides is 1. The zero-order valence-electron chi connectivity index (χ0n) is 14.0. The molecule has 8 heteroatoms. The molecule has 0 radical (unpaired) electrons. The van der Waals surface area contributed by atoms with Crippen molar-refractivity contribution in [1.82, 2.24) is 15.2 Å². The van der Waals surface area contributed by atoms with Crippen LogP contribution in [0, 0.1) is 10.5 Å². The predicted octanol–water partition coefficient (Wildman–Crippen LogP) is 4.03. The van der Waals surface area contributed by atoms with Crippen molar-refractivity contribution in [3.8, 4) is 5.75 Å². The highest BCUT2D eigenvalue weighted by atomic mass is 127. The summed E-state index contributed by atoms with van der Waals surface area (Å²) in [6.07, 6.45) is 0. The molecule has 0 aliphatic rings. The summed E-state index contributed by atoms with van der Waals surface area (Å²) in [5.41, 5.74) is 1.86. The number of nitrogens with one attached hydrogen (secondary N) is 2. The Morgan fingerprint density at radius 2 is 2.08 bits per heavy atom. The molecule has 1 aromatic heterocycles. The number of hydrogen-bond donors (Lipinski definition) is 2. The maximum absolute atomic E-state index is 12.1. The molecule has 0 fully saturated rings. The molecule has 6 nitrogen and oxygen atoms in total. The molecule has 1 heterocycles. The summed E-state index contributed by atoms with van der Waals surface area (Å²) in [5, 5.41) is 10.4. The van der Waals surface area contributed by atoms with E-state index < -0.39 is 0 Å². The summed E-state index contributed by atoms with van der Waals surface area (Å²) in [5.74, 6) is 1.53. The van der Waals surface area contributed by atoms with Crippen molar-refractivity contribution in [3.63, 3.8) is 0 Å². The van der Waals surface area contributed by atoms with E-state index in [2.05, 4.69) is 43.1 Å². The molecule has 0 bridgehead atoms. The Balaban J connectivity index is 1.47. The third-order valence-corrected chi connectivity index (χ3v) is 4.94. The van der Waals surface area contributed by atoms with Crippen molar-refractivity contribution in [2.24, 2.45) is 0 Å². The number of carbonyl (C=O) groups excluding carboxylic acids is 1. The lowest BCUT2D eigenvalue weighted by Crippen LogP contribution is -2.15. The van der Waals surface area contributed by atoms with E-state index in [1.54, 1.807) is 0 Å². The SMILES string of the molecule is Cc1cc(I)ccc1NC(=O)CSc1n[nH]c(COc2ccccc2)n1. The van der Waals surface area contributed by atoms with Crippen molar-refractivity contribution in [2.75, 3.05) is 11.1 Å². The van der Waals surface area contributed by atoms with Crippen LogP contribution in [0.5, 0.6) is 5.75 Å².